The summed E-state index contributed by atoms with van der Waals surface area (Å²) in [6.45, 7) is 0. The molecule has 3 rings (SSSR count). The molecule has 3 heterocycles. The third kappa shape index (κ3) is 4.90. The molecular weight excluding hydrogens is 509 g/mol. The summed E-state index contributed by atoms with van der Waals surface area (Å²) in [4.78, 5) is 42.8. The van der Waals surface area contributed by atoms with Gasteiger partial charge in [-0.15, -0.1) is 23.1 Å². The molecule has 0 bridgehead atoms. The molecule has 1 fully saturated rings. The topological polar surface area (TPSA) is 161 Å². The number of thiazole rings is 1. The maximum absolute atomic E-state index is 11.3. The summed E-state index contributed by atoms with van der Waals surface area (Å²) in [5, 5.41) is 14.5. The number of β-lactam (4-membered cyclic amide) rings is 1. The number of anilines is 1. The number of nitrogens with zero attached hydrogens (tertiary/aromatic N) is 3. The van der Waals surface area contributed by atoms with Crippen molar-refractivity contribution in [2.45, 2.75) is 11.8 Å². The van der Waals surface area contributed by atoms with E-state index in [0.717, 1.165) is 11.3 Å². The number of alkyl halides is 1. The van der Waals surface area contributed by atoms with Crippen molar-refractivity contribution in [1.82, 2.24) is 9.88 Å². The zero-order valence-electron chi connectivity index (χ0n) is 14.0. The Kier molecular flexibility index (Phi) is 7.43. The first kappa shape index (κ1) is 21.4. The largest absolute Gasteiger partial charge is 0.477 e. The molecule has 1 saturated heterocycles. The van der Waals surface area contributed by atoms with Gasteiger partial charge in [0.15, 0.2) is 10.8 Å². The molecule has 0 aliphatic carbocycles. The van der Waals surface area contributed by atoms with E-state index in [9.17, 15) is 14.4 Å². The van der Waals surface area contributed by atoms with E-state index < -0.39 is 11.9 Å². The number of carboxylic acid groups (broad SMARTS) is 1. The summed E-state index contributed by atoms with van der Waals surface area (Å²) in [7, 11) is 1.32. The molecule has 2 amide bonds. The van der Waals surface area contributed by atoms with Crippen molar-refractivity contribution in [2.24, 2.45) is 10.9 Å². The van der Waals surface area contributed by atoms with Crippen molar-refractivity contribution in [2.75, 3.05) is 23.0 Å². The first-order chi connectivity index (χ1) is 12.8. The number of oxime groups is 1. The molecule has 0 radical (unpaired) electrons. The lowest BCUT2D eigenvalue weighted by Gasteiger charge is -2.43. The number of carboxylic acids is 1. The van der Waals surface area contributed by atoms with Crippen LogP contribution >= 0.6 is 45.7 Å². The van der Waals surface area contributed by atoms with Gasteiger partial charge < -0.3 is 21.4 Å². The van der Waals surface area contributed by atoms with E-state index in [4.69, 9.17) is 16.6 Å². The fourth-order valence-corrected chi connectivity index (χ4v) is 5.10. The normalized spacial score (nSPS) is 18.9. The highest BCUT2D eigenvalue weighted by Gasteiger charge is 2.44. The minimum Gasteiger partial charge on any atom is -0.477 e. The number of nitrogens with two attached hydrogens (primary N) is 2. The van der Waals surface area contributed by atoms with Crippen LogP contribution in [0.4, 0.5) is 5.13 Å². The predicted molar refractivity (Wildman–Crippen MR) is 111 cm³/mol. The zero-order valence-corrected chi connectivity index (χ0v) is 17.8. The number of halogens is 1. The van der Waals surface area contributed by atoms with Gasteiger partial charge >= 0.3 is 5.97 Å². The monoisotopic (exact) mass is 525 g/mol. The van der Waals surface area contributed by atoms with Gasteiger partial charge in [0, 0.05) is 15.6 Å². The number of nitrogen functional groups attached to an aromatic ring is 1. The third-order valence-electron chi connectivity index (χ3n) is 3.48. The maximum Gasteiger partial charge on any atom is 0.352 e. The van der Waals surface area contributed by atoms with Gasteiger partial charge in [-0.2, -0.15) is 0 Å². The summed E-state index contributed by atoms with van der Waals surface area (Å²) in [5.41, 5.74) is 11.8. The number of carbonyl (C=O) groups is 3. The van der Waals surface area contributed by atoms with E-state index in [1.54, 1.807) is 17.1 Å². The molecule has 0 saturated carbocycles. The molecule has 1 atom stereocenters. The van der Waals surface area contributed by atoms with Crippen molar-refractivity contribution in [3.05, 3.63) is 22.3 Å². The molecule has 0 unspecified atom stereocenters. The molecule has 2 aliphatic heterocycles. The van der Waals surface area contributed by atoms with Crippen molar-refractivity contribution in [1.29, 1.82) is 0 Å². The molecule has 0 aromatic carbocycles. The van der Waals surface area contributed by atoms with Crippen LogP contribution in [0.1, 0.15) is 12.1 Å². The lowest BCUT2D eigenvalue weighted by atomic mass is 10.1. The van der Waals surface area contributed by atoms with Crippen LogP contribution in [0, 0.1) is 0 Å². The Morgan fingerprint density at radius 1 is 1.56 bits per heavy atom. The van der Waals surface area contributed by atoms with Gasteiger partial charge in [-0.25, -0.2) is 9.78 Å². The average molecular weight is 525 g/mol. The molecular formula is C14H16IN5O5S2. The first-order valence-electron chi connectivity index (χ1n) is 7.37. The van der Waals surface area contributed by atoms with Crippen molar-refractivity contribution >= 4 is 74.3 Å². The Morgan fingerprint density at radius 2 is 2.26 bits per heavy atom. The molecule has 1 aromatic heterocycles. The van der Waals surface area contributed by atoms with Gasteiger partial charge in [-0.3, -0.25) is 14.5 Å². The molecule has 2 aliphatic rings. The third-order valence-corrected chi connectivity index (χ3v) is 6.35. The van der Waals surface area contributed by atoms with Crippen LogP contribution in [0.5, 0.6) is 0 Å². The maximum atomic E-state index is 11.3. The van der Waals surface area contributed by atoms with Crippen molar-refractivity contribution < 1.29 is 24.3 Å². The molecule has 146 valence electrons. The SMILES string of the molecule is CO/N=C(\C(N)=O)c1csc(N)n1.O=C(O)C1=C(CI)CS[C@H]2CC(=O)N12. The fourth-order valence-electron chi connectivity index (χ4n) is 2.29. The van der Waals surface area contributed by atoms with Crippen LogP contribution in [0.2, 0.25) is 0 Å². The number of carbonyl (C=O) groups excluding carboxylic acids is 2. The molecule has 10 nitrogen and oxygen atoms in total. The molecule has 0 spiro atoms. The van der Waals surface area contributed by atoms with Crippen molar-refractivity contribution in [3.8, 4) is 0 Å². The second kappa shape index (κ2) is 9.36. The Balaban J connectivity index is 0.000000194. The minimum atomic E-state index is -0.977. The van der Waals surface area contributed by atoms with Crippen LogP contribution in [-0.4, -0.2) is 61.1 Å². The van der Waals surface area contributed by atoms with E-state index in [1.165, 1.54) is 23.3 Å². The van der Waals surface area contributed by atoms with Crippen LogP contribution in [0.15, 0.2) is 21.8 Å². The minimum absolute atomic E-state index is 0.0320. The fraction of sp³-hybridized carbons (Fsp3) is 0.357. The summed E-state index contributed by atoms with van der Waals surface area (Å²) in [5.74, 6) is -1.01. The number of primary amides is 1. The molecule has 13 heteroatoms. The second-order valence-electron chi connectivity index (χ2n) is 5.18. The molecule has 5 N–H and O–H groups in total. The predicted octanol–water partition coefficient (Wildman–Crippen LogP) is 0.626. The summed E-state index contributed by atoms with van der Waals surface area (Å²) in [6.07, 6.45) is 0.482. The number of aromatic nitrogens is 1. The Hall–Kier alpha value is -1.87. The average Bonchev–Trinajstić information content (AvgIpc) is 3.04. The quantitative estimate of drug-likeness (QED) is 0.166. The summed E-state index contributed by atoms with van der Waals surface area (Å²) >= 11 is 4.98. The number of hydrogen-bond acceptors (Lipinski definition) is 9. The number of aliphatic carboxylic acids is 1. The van der Waals surface area contributed by atoms with Gasteiger partial charge in [0.25, 0.3) is 5.91 Å². The zero-order chi connectivity index (χ0) is 20.1. The lowest BCUT2D eigenvalue weighted by Crippen LogP contribution is -2.54. The van der Waals surface area contributed by atoms with Gasteiger partial charge in [0.05, 0.1) is 11.8 Å². The number of rotatable bonds is 5. The van der Waals surface area contributed by atoms with Gasteiger partial charge in [-0.1, -0.05) is 27.7 Å². The Morgan fingerprint density at radius 3 is 2.70 bits per heavy atom. The van der Waals surface area contributed by atoms with Gasteiger partial charge in [-0.05, 0) is 5.57 Å². The van der Waals surface area contributed by atoms with E-state index >= 15 is 0 Å². The van der Waals surface area contributed by atoms with Crippen LogP contribution in [0.25, 0.3) is 0 Å². The van der Waals surface area contributed by atoms with Crippen LogP contribution in [0.3, 0.4) is 0 Å². The Bertz CT molecular complexity index is 825. The molecule has 27 heavy (non-hydrogen) atoms. The molecule has 1 aromatic rings. The van der Waals surface area contributed by atoms with E-state index in [2.05, 4.69) is 37.6 Å². The Labute approximate surface area is 176 Å². The highest BCUT2D eigenvalue weighted by molar-refractivity contribution is 14.1. The van der Waals surface area contributed by atoms with E-state index in [1.807, 2.05) is 0 Å². The number of hydrogen-bond donors (Lipinski definition) is 3. The van der Waals surface area contributed by atoms with Gasteiger partial charge in [0.2, 0.25) is 5.91 Å². The first-order valence-corrected chi connectivity index (χ1v) is 10.8. The summed E-state index contributed by atoms with van der Waals surface area (Å²) in [6, 6.07) is 0. The highest BCUT2D eigenvalue weighted by Crippen LogP contribution is 2.40. The second-order valence-corrected chi connectivity index (χ2v) is 8.00. The number of fused-ring (bicyclic) bond motifs is 1. The lowest BCUT2D eigenvalue weighted by molar-refractivity contribution is -0.146. The van der Waals surface area contributed by atoms with E-state index in [-0.39, 0.29) is 22.7 Å². The number of amides is 2. The van der Waals surface area contributed by atoms with Crippen LogP contribution < -0.4 is 11.5 Å². The van der Waals surface area contributed by atoms with Gasteiger partial charge in [0.1, 0.15) is 18.5 Å². The van der Waals surface area contributed by atoms with Crippen molar-refractivity contribution in [3.63, 3.8) is 0 Å². The summed E-state index contributed by atoms with van der Waals surface area (Å²) < 4.78 is 0.670. The number of thioether (sulfide) groups is 1. The van der Waals surface area contributed by atoms with Crippen LogP contribution in [-0.2, 0) is 19.2 Å². The smallest absolute Gasteiger partial charge is 0.352 e. The highest BCUT2D eigenvalue weighted by atomic mass is 127. The van der Waals surface area contributed by atoms with E-state index in [0.29, 0.717) is 21.7 Å². The standard InChI is InChI=1S/C8H8INO3S.C6H8N4O2S/c9-2-4-3-14-6-1-5(11)10(6)7(4)8(12)13;1-12-10-4(5(7)11)3-2-13-6(8)9-3/h6H,1-3H2,(H,12,13);2H,1H3,(H2,7,11)(H2,8,9)/b;10-4-/t6-;/m0./s1.